The van der Waals surface area contributed by atoms with Crippen LogP contribution in [0, 0.1) is 5.92 Å². The predicted octanol–water partition coefficient (Wildman–Crippen LogP) is 4.82. The molecule has 0 saturated heterocycles. The van der Waals surface area contributed by atoms with Crippen LogP contribution in [0.2, 0.25) is 0 Å². The summed E-state index contributed by atoms with van der Waals surface area (Å²) >= 11 is 3.44. The molecule has 82 valence electrons. The van der Waals surface area contributed by atoms with Crippen LogP contribution in [-0.4, -0.2) is 0 Å². The number of benzene rings is 1. The zero-order valence-corrected chi connectivity index (χ0v) is 10.6. The van der Waals surface area contributed by atoms with Gasteiger partial charge in [0, 0.05) is 10.0 Å². The molecule has 1 aliphatic carbocycles. The monoisotopic (exact) mass is 270 g/mol. The Bertz CT molecular complexity index is 340. The van der Waals surface area contributed by atoms with Gasteiger partial charge in [0.25, 0.3) is 0 Å². The number of alkyl halides is 1. The molecule has 0 amide bonds. The summed E-state index contributed by atoms with van der Waals surface area (Å²) in [6.07, 6.45) is 4.39. The van der Waals surface area contributed by atoms with E-state index in [0.29, 0.717) is 0 Å². The highest BCUT2D eigenvalue weighted by molar-refractivity contribution is 9.10. The minimum Gasteiger partial charge on any atom is -0.239 e. The Morgan fingerprint density at radius 3 is 2.47 bits per heavy atom. The van der Waals surface area contributed by atoms with Gasteiger partial charge < -0.3 is 0 Å². The van der Waals surface area contributed by atoms with E-state index in [1.165, 1.54) is 12.8 Å². The van der Waals surface area contributed by atoms with E-state index in [0.717, 1.165) is 22.9 Å². The van der Waals surface area contributed by atoms with Crippen LogP contribution in [0.25, 0.3) is 0 Å². The average Bonchev–Trinajstić information content (AvgIpc) is 2.71. The van der Waals surface area contributed by atoms with E-state index >= 15 is 0 Å². The van der Waals surface area contributed by atoms with Gasteiger partial charge in [-0.3, -0.25) is 0 Å². The van der Waals surface area contributed by atoms with E-state index in [1.54, 1.807) is 6.92 Å². The van der Waals surface area contributed by atoms with Crippen molar-refractivity contribution in [2.45, 2.75) is 38.3 Å². The SMILES string of the molecule is CC(F)(c1ccccc1Br)C1CCCC1. The maximum Gasteiger partial charge on any atom is 0.137 e. The average molecular weight is 271 g/mol. The maximum atomic E-state index is 14.8. The van der Waals surface area contributed by atoms with Crippen LogP contribution in [0.4, 0.5) is 4.39 Å². The van der Waals surface area contributed by atoms with Crippen LogP contribution in [0.3, 0.4) is 0 Å². The molecule has 0 nitrogen and oxygen atoms in total. The van der Waals surface area contributed by atoms with E-state index in [-0.39, 0.29) is 5.92 Å². The smallest absolute Gasteiger partial charge is 0.137 e. The lowest BCUT2D eigenvalue weighted by Gasteiger charge is -2.28. The molecule has 1 aliphatic rings. The molecule has 1 saturated carbocycles. The van der Waals surface area contributed by atoms with E-state index in [9.17, 15) is 4.39 Å². The summed E-state index contributed by atoms with van der Waals surface area (Å²) in [4.78, 5) is 0. The second-order valence-corrected chi connectivity index (χ2v) is 5.39. The van der Waals surface area contributed by atoms with Crippen LogP contribution >= 0.6 is 15.9 Å². The zero-order chi connectivity index (χ0) is 10.9. The van der Waals surface area contributed by atoms with Gasteiger partial charge in [-0.25, -0.2) is 4.39 Å². The first kappa shape index (κ1) is 11.1. The van der Waals surface area contributed by atoms with Crippen LogP contribution in [0.5, 0.6) is 0 Å². The van der Waals surface area contributed by atoms with Gasteiger partial charge in [0.2, 0.25) is 0 Å². The Morgan fingerprint density at radius 1 is 1.27 bits per heavy atom. The number of halogens is 2. The van der Waals surface area contributed by atoms with Crippen molar-refractivity contribution in [3.63, 3.8) is 0 Å². The molecule has 0 heterocycles. The molecular formula is C13H16BrF. The molecule has 2 heteroatoms. The summed E-state index contributed by atoms with van der Waals surface area (Å²) in [6, 6.07) is 7.65. The van der Waals surface area contributed by atoms with Gasteiger partial charge in [-0.05, 0) is 31.7 Å². The minimum absolute atomic E-state index is 0.191. The van der Waals surface area contributed by atoms with Crippen LogP contribution < -0.4 is 0 Å². The van der Waals surface area contributed by atoms with Gasteiger partial charge in [0.1, 0.15) is 5.67 Å². The van der Waals surface area contributed by atoms with Gasteiger partial charge in [-0.1, -0.05) is 47.0 Å². The third kappa shape index (κ3) is 2.10. The third-order valence-electron chi connectivity index (χ3n) is 3.52. The summed E-state index contributed by atoms with van der Waals surface area (Å²) in [5.74, 6) is 0.191. The van der Waals surface area contributed by atoms with Crippen LogP contribution in [0.15, 0.2) is 28.7 Å². The molecule has 0 aromatic heterocycles. The largest absolute Gasteiger partial charge is 0.239 e. The van der Waals surface area contributed by atoms with Crippen molar-refractivity contribution >= 4 is 15.9 Å². The first-order valence-electron chi connectivity index (χ1n) is 5.56. The molecule has 1 aromatic rings. The van der Waals surface area contributed by atoms with Gasteiger partial charge in [-0.2, -0.15) is 0 Å². The number of hydrogen-bond donors (Lipinski definition) is 0. The molecule has 1 aromatic carbocycles. The number of hydrogen-bond acceptors (Lipinski definition) is 0. The van der Waals surface area contributed by atoms with Crippen LogP contribution in [-0.2, 0) is 5.67 Å². The molecule has 2 rings (SSSR count). The number of rotatable bonds is 2. The van der Waals surface area contributed by atoms with Crippen molar-refractivity contribution in [2.75, 3.05) is 0 Å². The lowest BCUT2D eigenvalue weighted by atomic mass is 9.83. The minimum atomic E-state index is -1.18. The Kier molecular flexibility index (Phi) is 3.15. The lowest BCUT2D eigenvalue weighted by molar-refractivity contribution is 0.103. The standard InChI is InChI=1S/C13H16BrF/c1-13(15,10-6-2-3-7-10)11-8-4-5-9-12(11)14/h4-5,8-10H,2-3,6-7H2,1H3. The molecule has 0 radical (unpaired) electrons. The first-order valence-corrected chi connectivity index (χ1v) is 6.35. The summed E-state index contributed by atoms with van der Waals surface area (Å²) in [5, 5.41) is 0. The molecular weight excluding hydrogens is 255 g/mol. The Morgan fingerprint density at radius 2 is 1.87 bits per heavy atom. The Hall–Kier alpha value is -0.370. The molecule has 1 atom stereocenters. The molecule has 0 bridgehead atoms. The maximum absolute atomic E-state index is 14.8. The molecule has 0 aliphatic heterocycles. The predicted molar refractivity (Wildman–Crippen MR) is 64.6 cm³/mol. The van der Waals surface area contributed by atoms with Crippen molar-refractivity contribution in [3.05, 3.63) is 34.3 Å². The Balaban J connectivity index is 2.31. The highest BCUT2D eigenvalue weighted by Gasteiger charge is 2.38. The van der Waals surface area contributed by atoms with Crippen molar-refractivity contribution < 1.29 is 4.39 Å². The molecule has 1 fully saturated rings. The second-order valence-electron chi connectivity index (χ2n) is 4.54. The molecule has 15 heavy (non-hydrogen) atoms. The second kappa shape index (κ2) is 4.25. The summed E-state index contributed by atoms with van der Waals surface area (Å²) in [7, 11) is 0. The van der Waals surface area contributed by atoms with Crippen LogP contribution in [0.1, 0.15) is 38.2 Å². The fourth-order valence-electron chi connectivity index (χ4n) is 2.55. The molecule has 0 N–H and O–H groups in total. The molecule has 0 spiro atoms. The quantitative estimate of drug-likeness (QED) is 0.723. The van der Waals surface area contributed by atoms with E-state index in [4.69, 9.17) is 0 Å². The third-order valence-corrected chi connectivity index (χ3v) is 4.21. The highest BCUT2D eigenvalue weighted by Crippen LogP contribution is 2.45. The van der Waals surface area contributed by atoms with Gasteiger partial charge in [-0.15, -0.1) is 0 Å². The van der Waals surface area contributed by atoms with Crippen molar-refractivity contribution in [2.24, 2.45) is 5.92 Å². The molecule has 1 unspecified atom stereocenters. The summed E-state index contributed by atoms with van der Waals surface area (Å²) < 4.78 is 15.6. The highest BCUT2D eigenvalue weighted by atomic mass is 79.9. The van der Waals surface area contributed by atoms with Crippen molar-refractivity contribution in [1.29, 1.82) is 0 Å². The lowest BCUT2D eigenvalue weighted by Crippen LogP contribution is -2.25. The summed E-state index contributed by atoms with van der Waals surface area (Å²) in [5.41, 5.74) is -0.381. The fraction of sp³-hybridized carbons (Fsp3) is 0.538. The zero-order valence-electron chi connectivity index (χ0n) is 8.97. The van der Waals surface area contributed by atoms with E-state index in [2.05, 4.69) is 15.9 Å². The van der Waals surface area contributed by atoms with Gasteiger partial charge in [0.15, 0.2) is 0 Å². The van der Waals surface area contributed by atoms with Crippen molar-refractivity contribution in [3.8, 4) is 0 Å². The first-order chi connectivity index (χ1) is 7.12. The summed E-state index contributed by atoms with van der Waals surface area (Å²) in [6.45, 7) is 1.73. The fourth-order valence-corrected chi connectivity index (χ4v) is 3.22. The van der Waals surface area contributed by atoms with Gasteiger partial charge in [0.05, 0.1) is 0 Å². The van der Waals surface area contributed by atoms with E-state index < -0.39 is 5.67 Å². The Labute approximate surface area is 99.0 Å². The van der Waals surface area contributed by atoms with Gasteiger partial charge >= 0.3 is 0 Å². The van der Waals surface area contributed by atoms with Crippen molar-refractivity contribution in [1.82, 2.24) is 0 Å². The topological polar surface area (TPSA) is 0 Å². The normalized spacial score (nSPS) is 21.5. The van der Waals surface area contributed by atoms with E-state index in [1.807, 2.05) is 24.3 Å².